The number of morpholine rings is 1. The van der Waals surface area contributed by atoms with Gasteiger partial charge in [-0.05, 0) is 29.7 Å². The molecule has 1 aliphatic heterocycles. The number of carbonyl (C=O) groups is 1. The second-order valence-corrected chi connectivity index (χ2v) is 9.26. The summed E-state index contributed by atoms with van der Waals surface area (Å²) < 4.78 is 44.6. The molecule has 0 aliphatic carbocycles. The summed E-state index contributed by atoms with van der Waals surface area (Å²) in [6.07, 6.45) is 0. The number of hydrogen-bond donors (Lipinski definition) is 1. The zero-order chi connectivity index (χ0) is 23.3. The summed E-state index contributed by atoms with van der Waals surface area (Å²) >= 11 is 0. The van der Waals surface area contributed by atoms with Crippen molar-refractivity contribution in [2.75, 3.05) is 46.6 Å². The van der Waals surface area contributed by atoms with Gasteiger partial charge in [-0.1, -0.05) is 36.4 Å². The molecule has 1 fully saturated rings. The van der Waals surface area contributed by atoms with Crippen LogP contribution in [0.4, 0.5) is 0 Å². The standard InChI is InChI=1S/C24H26N2O6S/c1-30-22-10-9-19(17-21(22)24(27)26-12-15-31-16-13-26)33(28,29)25-11-14-32-23-8-4-6-18-5-2-3-7-20(18)23/h2-10,17,25H,11-16H2,1H3. The zero-order valence-corrected chi connectivity index (χ0v) is 19.1. The van der Waals surface area contributed by atoms with Crippen molar-refractivity contribution in [1.29, 1.82) is 0 Å². The highest BCUT2D eigenvalue weighted by Gasteiger charge is 2.24. The second-order valence-electron chi connectivity index (χ2n) is 7.49. The van der Waals surface area contributed by atoms with E-state index in [2.05, 4.69) is 4.72 Å². The molecule has 0 spiro atoms. The van der Waals surface area contributed by atoms with Crippen molar-refractivity contribution in [1.82, 2.24) is 9.62 Å². The Morgan fingerprint density at radius 3 is 2.58 bits per heavy atom. The normalized spacial score (nSPS) is 14.3. The second kappa shape index (κ2) is 10.2. The number of sulfonamides is 1. The van der Waals surface area contributed by atoms with Gasteiger partial charge in [-0.2, -0.15) is 0 Å². The maximum Gasteiger partial charge on any atom is 0.257 e. The van der Waals surface area contributed by atoms with E-state index in [1.807, 2.05) is 42.5 Å². The van der Waals surface area contributed by atoms with E-state index in [-0.39, 0.29) is 29.5 Å². The number of rotatable bonds is 8. The van der Waals surface area contributed by atoms with Gasteiger partial charge in [-0.3, -0.25) is 4.79 Å². The van der Waals surface area contributed by atoms with E-state index in [1.165, 1.54) is 25.3 Å². The molecule has 0 saturated carbocycles. The molecule has 0 bridgehead atoms. The Morgan fingerprint density at radius 1 is 1.03 bits per heavy atom. The Labute approximate surface area is 193 Å². The van der Waals surface area contributed by atoms with Gasteiger partial charge in [0.05, 0.1) is 30.8 Å². The molecule has 3 aromatic rings. The zero-order valence-electron chi connectivity index (χ0n) is 18.3. The van der Waals surface area contributed by atoms with Gasteiger partial charge in [-0.15, -0.1) is 0 Å². The molecular formula is C24H26N2O6S. The van der Waals surface area contributed by atoms with Crippen molar-refractivity contribution >= 4 is 26.7 Å². The van der Waals surface area contributed by atoms with E-state index in [0.29, 0.717) is 37.8 Å². The van der Waals surface area contributed by atoms with Gasteiger partial charge in [0.1, 0.15) is 18.1 Å². The van der Waals surface area contributed by atoms with Crippen molar-refractivity contribution in [2.45, 2.75) is 4.90 Å². The maximum absolute atomic E-state index is 12.9. The van der Waals surface area contributed by atoms with Crippen molar-refractivity contribution in [3.05, 3.63) is 66.2 Å². The molecular weight excluding hydrogens is 444 g/mol. The molecule has 1 N–H and O–H groups in total. The van der Waals surface area contributed by atoms with Gasteiger partial charge in [0.15, 0.2) is 0 Å². The van der Waals surface area contributed by atoms with E-state index in [1.54, 1.807) is 4.90 Å². The first-order chi connectivity index (χ1) is 16.0. The SMILES string of the molecule is COc1ccc(S(=O)(=O)NCCOc2cccc3ccccc23)cc1C(=O)N1CCOCC1. The first kappa shape index (κ1) is 23.0. The predicted molar refractivity (Wildman–Crippen MR) is 124 cm³/mol. The van der Waals surface area contributed by atoms with E-state index in [9.17, 15) is 13.2 Å². The Kier molecular flexibility index (Phi) is 7.12. The Hall–Kier alpha value is -3.14. The Balaban J connectivity index is 1.44. The quantitative estimate of drug-likeness (QED) is 0.509. The highest BCUT2D eigenvalue weighted by molar-refractivity contribution is 7.89. The largest absolute Gasteiger partial charge is 0.496 e. The van der Waals surface area contributed by atoms with E-state index in [4.69, 9.17) is 14.2 Å². The van der Waals surface area contributed by atoms with Crippen LogP contribution in [0.25, 0.3) is 10.8 Å². The lowest BCUT2D eigenvalue weighted by Gasteiger charge is -2.27. The lowest BCUT2D eigenvalue weighted by molar-refractivity contribution is 0.0300. The molecule has 33 heavy (non-hydrogen) atoms. The summed E-state index contributed by atoms with van der Waals surface area (Å²) in [6, 6.07) is 17.8. The van der Waals surface area contributed by atoms with Crippen LogP contribution in [0, 0.1) is 0 Å². The summed E-state index contributed by atoms with van der Waals surface area (Å²) in [5, 5.41) is 2.01. The van der Waals surface area contributed by atoms with E-state index in [0.717, 1.165) is 10.8 Å². The summed E-state index contributed by atoms with van der Waals surface area (Å²) in [5.74, 6) is 0.728. The molecule has 8 nitrogen and oxygen atoms in total. The van der Waals surface area contributed by atoms with Crippen LogP contribution in [-0.2, 0) is 14.8 Å². The fraction of sp³-hybridized carbons (Fsp3) is 0.292. The van der Waals surface area contributed by atoms with E-state index < -0.39 is 10.0 Å². The van der Waals surface area contributed by atoms with Crippen LogP contribution in [0.15, 0.2) is 65.6 Å². The topological polar surface area (TPSA) is 94.2 Å². The molecule has 0 radical (unpaired) electrons. The van der Waals surface area contributed by atoms with E-state index >= 15 is 0 Å². The molecule has 174 valence electrons. The number of nitrogens with zero attached hydrogens (tertiary/aromatic N) is 1. The molecule has 0 aromatic heterocycles. The summed E-state index contributed by atoms with van der Waals surface area (Å²) in [6.45, 7) is 2.02. The molecule has 1 heterocycles. The molecule has 0 unspecified atom stereocenters. The molecule has 4 rings (SSSR count). The molecule has 1 aliphatic rings. The fourth-order valence-corrected chi connectivity index (χ4v) is 4.74. The van der Waals surface area contributed by atoms with Gasteiger partial charge < -0.3 is 19.1 Å². The third kappa shape index (κ3) is 5.27. The van der Waals surface area contributed by atoms with Crippen LogP contribution in [-0.4, -0.2) is 65.8 Å². The number of fused-ring (bicyclic) bond motifs is 1. The number of ether oxygens (including phenoxy) is 3. The first-order valence-corrected chi connectivity index (χ1v) is 12.1. The lowest BCUT2D eigenvalue weighted by atomic mass is 10.1. The van der Waals surface area contributed by atoms with Crippen LogP contribution in [0.2, 0.25) is 0 Å². The third-order valence-corrected chi connectivity index (χ3v) is 6.87. The number of benzene rings is 3. The number of nitrogens with one attached hydrogen (secondary N) is 1. The predicted octanol–water partition coefficient (Wildman–Crippen LogP) is 2.68. The lowest BCUT2D eigenvalue weighted by Crippen LogP contribution is -2.40. The number of hydrogen-bond acceptors (Lipinski definition) is 6. The molecule has 0 atom stereocenters. The minimum atomic E-state index is -3.85. The highest BCUT2D eigenvalue weighted by atomic mass is 32.2. The smallest absolute Gasteiger partial charge is 0.257 e. The minimum absolute atomic E-state index is 0.00919. The molecule has 9 heteroatoms. The van der Waals surface area contributed by atoms with Crippen LogP contribution < -0.4 is 14.2 Å². The van der Waals surface area contributed by atoms with Gasteiger partial charge in [0.25, 0.3) is 5.91 Å². The molecule has 1 amide bonds. The van der Waals surface area contributed by atoms with Crippen molar-refractivity contribution in [2.24, 2.45) is 0 Å². The summed E-state index contributed by atoms with van der Waals surface area (Å²) in [5.41, 5.74) is 0.203. The monoisotopic (exact) mass is 470 g/mol. The van der Waals surface area contributed by atoms with Crippen molar-refractivity contribution < 1.29 is 27.4 Å². The fourth-order valence-electron chi connectivity index (χ4n) is 3.70. The molecule has 1 saturated heterocycles. The number of amides is 1. The summed E-state index contributed by atoms with van der Waals surface area (Å²) in [7, 11) is -2.40. The van der Waals surface area contributed by atoms with Crippen LogP contribution in [0.5, 0.6) is 11.5 Å². The number of methoxy groups -OCH3 is 1. The molecule has 3 aromatic carbocycles. The average molecular weight is 471 g/mol. The first-order valence-electron chi connectivity index (χ1n) is 10.6. The van der Waals surface area contributed by atoms with Crippen molar-refractivity contribution in [3.8, 4) is 11.5 Å². The third-order valence-electron chi connectivity index (χ3n) is 5.41. The van der Waals surface area contributed by atoms with Crippen LogP contribution >= 0.6 is 0 Å². The van der Waals surface area contributed by atoms with Gasteiger partial charge >= 0.3 is 0 Å². The van der Waals surface area contributed by atoms with Gasteiger partial charge in [0, 0.05) is 25.0 Å². The van der Waals surface area contributed by atoms with Gasteiger partial charge in [0.2, 0.25) is 10.0 Å². The minimum Gasteiger partial charge on any atom is -0.496 e. The Bertz CT molecular complexity index is 1230. The average Bonchev–Trinajstić information content (AvgIpc) is 2.86. The number of carbonyl (C=O) groups excluding carboxylic acids is 1. The van der Waals surface area contributed by atoms with Crippen molar-refractivity contribution in [3.63, 3.8) is 0 Å². The van der Waals surface area contributed by atoms with Gasteiger partial charge in [-0.25, -0.2) is 13.1 Å². The Morgan fingerprint density at radius 2 is 1.79 bits per heavy atom. The van der Waals surface area contributed by atoms with Crippen LogP contribution in [0.1, 0.15) is 10.4 Å². The maximum atomic E-state index is 12.9. The van der Waals surface area contributed by atoms with Crippen LogP contribution in [0.3, 0.4) is 0 Å². The highest BCUT2D eigenvalue weighted by Crippen LogP contribution is 2.26. The summed E-state index contributed by atoms with van der Waals surface area (Å²) in [4.78, 5) is 14.6.